The molecule has 152 valence electrons. The first-order valence-corrected chi connectivity index (χ1v) is 9.99. The quantitative estimate of drug-likeness (QED) is 0.680. The summed E-state index contributed by atoms with van der Waals surface area (Å²) in [7, 11) is 0. The first kappa shape index (κ1) is 20.5. The van der Waals surface area contributed by atoms with Crippen molar-refractivity contribution in [2.45, 2.75) is 45.4 Å². The van der Waals surface area contributed by atoms with Gasteiger partial charge in [0.1, 0.15) is 5.82 Å². The molecule has 2 atom stereocenters. The maximum atomic E-state index is 12.9. The van der Waals surface area contributed by atoms with E-state index in [9.17, 15) is 9.90 Å². The van der Waals surface area contributed by atoms with E-state index in [1.807, 2.05) is 24.5 Å². The van der Waals surface area contributed by atoms with Crippen molar-refractivity contribution in [3.8, 4) is 0 Å². The Morgan fingerprint density at radius 2 is 2.11 bits per heavy atom. The molecule has 1 aliphatic rings. The van der Waals surface area contributed by atoms with Gasteiger partial charge in [-0.2, -0.15) is 0 Å². The zero-order valence-electron chi connectivity index (χ0n) is 16.2. The van der Waals surface area contributed by atoms with Crippen LogP contribution in [0, 0.1) is 11.8 Å². The van der Waals surface area contributed by atoms with Crippen LogP contribution < -0.4 is 10.2 Å². The van der Waals surface area contributed by atoms with Crippen molar-refractivity contribution in [2.24, 2.45) is 11.8 Å². The monoisotopic (exact) mass is 406 g/mol. The second-order valence-corrected chi connectivity index (χ2v) is 7.89. The van der Waals surface area contributed by atoms with E-state index in [2.05, 4.69) is 25.2 Å². The molecule has 2 unspecified atom stereocenters. The number of piperidine rings is 1. The number of anilines is 1. The summed E-state index contributed by atoms with van der Waals surface area (Å²) in [6.07, 6.45) is 7.69. The van der Waals surface area contributed by atoms with Crippen LogP contribution in [0.15, 0.2) is 31.0 Å². The fourth-order valence-corrected chi connectivity index (χ4v) is 3.64. The van der Waals surface area contributed by atoms with Gasteiger partial charge in [0.25, 0.3) is 0 Å². The summed E-state index contributed by atoms with van der Waals surface area (Å²) in [6.45, 7) is 5.80. The Bertz CT molecular complexity index is 762. The van der Waals surface area contributed by atoms with Gasteiger partial charge in [0.15, 0.2) is 0 Å². The number of imidazole rings is 1. The van der Waals surface area contributed by atoms with Crippen LogP contribution in [0.25, 0.3) is 0 Å². The highest BCUT2D eigenvalue weighted by molar-refractivity contribution is 6.28. The summed E-state index contributed by atoms with van der Waals surface area (Å²) in [5, 5.41) is 13.9. The second kappa shape index (κ2) is 9.34. The van der Waals surface area contributed by atoms with Gasteiger partial charge in [0.05, 0.1) is 18.3 Å². The third-order valence-electron chi connectivity index (χ3n) is 5.18. The molecule has 0 spiro atoms. The lowest BCUT2D eigenvalue weighted by atomic mass is 9.91. The number of halogens is 1. The summed E-state index contributed by atoms with van der Waals surface area (Å²) < 4.78 is 1.83. The number of carbonyl (C=O) groups is 1. The number of amides is 1. The molecular formula is C19H27ClN6O2. The van der Waals surface area contributed by atoms with E-state index in [4.69, 9.17) is 11.6 Å². The molecule has 8 nitrogen and oxygen atoms in total. The average molecular weight is 407 g/mol. The first-order valence-electron chi connectivity index (χ1n) is 9.61. The van der Waals surface area contributed by atoms with E-state index >= 15 is 0 Å². The van der Waals surface area contributed by atoms with Crippen molar-refractivity contribution in [1.29, 1.82) is 0 Å². The number of nitrogens with one attached hydrogen (secondary N) is 1. The molecule has 2 aromatic heterocycles. The summed E-state index contributed by atoms with van der Waals surface area (Å²) in [4.78, 5) is 27.2. The normalized spacial score (nSPS) is 17.5. The van der Waals surface area contributed by atoms with Gasteiger partial charge in [-0.3, -0.25) is 4.79 Å². The zero-order chi connectivity index (χ0) is 20.1. The number of hydrogen-bond donors (Lipinski definition) is 2. The van der Waals surface area contributed by atoms with Crippen LogP contribution in [-0.2, 0) is 11.3 Å². The molecule has 3 rings (SSSR count). The minimum absolute atomic E-state index is 0.0105. The highest BCUT2D eigenvalue weighted by atomic mass is 35.5. The number of aliphatic hydroxyl groups excluding tert-OH is 1. The molecule has 1 fully saturated rings. The van der Waals surface area contributed by atoms with Crippen molar-refractivity contribution in [1.82, 2.24) is 24.8 Å². The van der Waals surface area contributed by atoms with E-state index in [0.717, 1.165) is 31.7 Å². The Hall–Kier alpha value is -2.19. The van der Waals surface area contributed by atoms with Crippen LogP contribution in [-0.4, -0.2) is 55.8 Å². The van der Waals surface area contributed by atoms with E-state index in [1.54, 1.807) is 24.9 Å². The smallest absolute Gasteiger partial charge is 0.227 e. The van der Waals surface area contributed by atoms with Gasteiger partial charge in [-0.05, 0) is 36.4 Å². The molecule has 0 radical (unpaired) electrons. The topological polar surface area (TPSA) is 96.2 Å². The van der Waals surface area contributed by atoms with E-state index < -0.39 is 12.0 Å². The van der Waals surface area contributed by atoms with Crippen molar-refractivity contribution in [2.75, 3.05) is 18.0 Å². The molecule has 0 saturated carbocycles. The molecule has 1 amide bonds. The van der Waals surface area contributed by atoms with Crippen LogP contribution in [0.5, 0.6) is 0 Å². The molecule has 2 aromatic rings. The van der Waals surface area contributed by atoms with E-state index in [0.29, 0.717) is 6.54 Å². The van der Waals surface area contributed by atoms with Crippen molar-refractivity contribution >= 4 is 23.3 Å². The summed E-state index contributed by atoms with van der Waals surface area (Å²) in [6, 6.07) is 1.91. The minimum Gasteiger partial charge on any atom is -0.392 e. The number of rotatable bonds is 7. The first-order chi connectivity index (χ1) is 13.4. The molecule has 28 heavy (non-hydrogen) atoms. The summed E-state index contributed by atoms with van der Waals surface area (Å²) in [5.41, 5.74) is 0. The zero-order valence-corrected chi connectivity index (χ0v) is 17.0. The largest absolute Gasteiger partial charge is 0.392 e. The van der Waals surface area contributed by atoms with Crippen molar-refractivity contribution in [3.05, 3.63) is 36.3 Å². The van der Waals surface area contributed by atoms with Crippen LogP contribution in [0.1, 0.15) is 26.7 Å². The van der Waals surface area contributed by atoms with Crippen LogP contribution in [0.4, 0.5) is 5.82 Å². The van der Waals surface area contributed by atoms with Gasteiger partial charge < -0.3 is 19.9 Å². The Morgan fingerprint density at radius 1 is 1.36 bits per heavy atom. The number of nitrogens with zero attached hydrogens (tertiary/aromatic N) is 5. The maximum absolute atomic E-state index is 12.9. The Morgan fingerprint density at radius 3 is 2.71 bits per heavy atom. The van der Waals surface area contributed by atoms with E-state index in [1.165, 1.54) is 0 Å². The lowest BCUT2D eigenvalue weighted by molar-refractivity contribution is -0.131. The van der Waals surface area contributed by atoms with Crippen LogP contribution in [0.3, 0.4) is 0 Å². The fraction of sp³-hybridized carbons (Fsp3) is 0.579. The molecule has 9 heteroatoms. The third kappa shape index (κ3) is 5.20. The SMILES string of the molecule is CC(C)C(O)C(Cn1ccnc1)C(=O)NC1CCN(c2ccnc(Cl)n2)CC1. The Labute approximate surface area is 170 Å². The minimum atomic E-state index is -0.717. The van der Waals surface area contributed by atoms with Crippen molar-refractivity contribution in [3.63, 3.8) is 0 Å². The summed E-state index contributed by atoms with van der Waals surface area (Å²) >= 11 is 5.87. The summed E-state index contributed by atoms with van der Waals surface area (Å²) in [5.74, 6) is 0.160. The second-order valence-electron chi connectivity index (χ2n) is 7.55. The molecular weight excluding hydrogens is 380 g/mol. The predicted molar refractivity (Wildman–Crippen MR) is 107 cm³/mol. The number of carbonyl (C=O) groups excluding carboxylic acids is 1. The van der Waals surface area contributed by atoms with Crippen LogP contribution >= 0.6 is 11.6 Å². The average Bonchev–Trinajstić information content (AvgIpc) is 3.19. The lowest BCUT2D eigenvalue weighted by Gasteiger charge is -2.34. The molecule has 0 aromatic carbocycles. The fourth-order valence-electron chi connectivity index (χ4n) is 3.50. The molecule has 1 aliphatic heterocycles. The highest BCUT2D eigenvalue weighted by Gasteiger charge is 2.31. The predicted octanol–water partition coefficient (Wildman–Crippen LogP) is 1.74. The van der Waals surface area contributed by atoms with Crippen molar-refractivity contribution < 1.29 is 9.90 Å². The molecule has 2 N–H and O–H groups in total. The Kier molecular flexibility index (Phi) is 6.85. The maximum Gasteiger partial charge on any atom is 0.227 e. The molecule has 0 bridgehead atoms. The standard InChI is InChI=1S/C19H27ClN6O2/c1-13(2)17(27)15(11-25-10-7-21-12-25)18(28)23-14-4-8-26(9-5-14)16-3-6-22-19(20)24-16/h3,6-7,10,12-15,17,27H,4-5,8-9,11H2,1-2H3,(H,23,28). The molecule has 3 heterocycles. The van der Waals surface area contributed by atoms with Gasteiger partial charge in [-0.1, -0.05) is 13.8 Å². The third-order valence-corrected chi connectivity index (χ3v) is 5.36. The Balaban J connectivity index is 1.58. The molecule has 0 aliphatic carbocycles. The lowest BCUT2D eigenvalue weighted by Crippen LogP contribution is -2.49. The van der Waals surface area contributed by atoms with Gasteiger partial charge >= 0.3 is 0 Å². The van der Waals surface area contributed by atoms with Gasteiger partial charge in [0.2, 0.25) is 11.2 Å². The van der Waals surface area contributed by atoms with Gasteiger partial charge in [-0.25, -0.2) is 15.0 Å². The number of aliphatic hydroxyl groups is 1. The van der Waals surface area contributed by atoms with Gasteiger partial charge in [0, 0.05) is 44.3 Å². The highest BCUT2D eigenvalue weighted by Crippen LogP contribution is 2.20. The molecule has 1 saturated heterocycles. The van der Waals surface area contributed by atoms with Gasteiger partial charge in [-0.15, -0.1) is 0 Å². The van der Waals surface area contributed by atoms with E-state index in [-0.39, 0.29) is 23.2 Å². The van der Waals surface area contributed by atoms with Crippen LogP contribution in [0.2, 0.25) is 5.28 Å². The number of hydrogen-bond acceptors (Lipinski definition) is 6. The number of aromatic nitrogens is 4.